The zero-order valence-electron chi connectivity index (χ0n) is 11.1. The normalized spacial score (nSPS) is 17.9. The third-order valence-corrected chi connectivity index (χ3v) is 6.92. The summed E-state index contributed by atoms with van der Waals surface area (Å²) in [4.78, 5) is 0. The van der Waals surface area contributed by atoms with Gasteiger partial charge in [0.1, 0.15) is 5.75 Å². The number of allylic oxidation sites excluding steroid dienone is 2. The van der Waals surface area contributed by atoms with Crippen LogP contribution in [0.25, 0.3) is 0 Å². The van der Waals surface area contributed by atoms with Gasteiger partial charge in [-0.3, -0.25) is 0 Å². The predicted octanol–water partition coefficient (Wildman–Crippen LogP) is 5.46. The molecule has 0 fully saturated rings. The fourth-order valence-corrected chi connectivity index (χ4v) is 4.25. The number of methoxy groups -OCH3 is 1. The van der Waals surface area contributed by atoms with Crippen LogP contribution in [0.1, 0.15) is 22.6 Å². The Morgan fingerprint density at radius 2 is 1.80 bits per heavy atom. The molecule has 0 saturated heterocycles. The van der Waals surface area contributed by atoms with Gasteiger partial charge in [-0.05, 0) is 74.0 Å². The lowest BCUT2D eigenvalue weighted by Gasteiger charge is -2.27. The average Bonchev–Trinajstić information content (AvgIpc) is 2.49. The van der Waals surface area contributed by atoms with Crippen molar-refractivity contribution < 1.29 is 4.74 Å². The highest BCUT2D eigenvalue weighted by Crippen LogP contribution is 2.46. The topological polar surface area (TPSA) is 9.23 Å². The second-order valence-electron chi connectivity index (χ2n) is 4.84. The van der Waals surface area contributed by atoms with Crippen LogP contribution in [0.4, 0.5) is 0 Å². The maximum Gasteiger partial charge on any atom is 0.119 e. The van der Waals surface area contributed by atoms with E-state index in [0.29, 0.717) is 5.92 Å². The summed E-state index contributed by atoms with van der Waals surface area (Å²) in [6.07, 6.45) is 1.03. The van der Waals surface area contributed by atoms with E-state index in [1.807, 2.05) is 0 Å². The maximum absolute atomic E-state index is 5.41. The van der Waals surface area contributed by atoms with Gasteiger partial charge in [0.25, 0.3) is 0 Å². The van der Waals surface area contributed by atoms with Crippen molar-refractivity contribution in [2.75, 3.05) is 7.11 Å². The van der Waals surface area contributed by atoms with Crippen molar-refractivity contribution in [3.05, 3.63) is 72.4 Å². The molecule has 2 aromatic carbocycles. The molecule has 3 rings (SSSR count). The molecule has 102 valence electrons. The Balaban J connectivity index is 2.18. The van der Waals surface area contributed by atoms with Crippen LogP contribution in [0.15, 0.2) is 55.7 Å². The molecule has 0 amide bonds. The first kappa shape index (κ1) is 14.4. The zero-order valence-corrected chi connectivity index (χ0v) is 15.4. The molecular formula is C17H14I2O. The summed E-state index contributed by atoms with van der Waals surface area (Å²) in [5, 5.41) is 0. The van der Waals surface area contributed by atoms with Crippen molar-refractivity contribution in [1.29, 1.82) is 0 Å². The Hall–Kier alpha value is -0.560. The molecule has 1 nitrogen and oxygen atoms in total. The van der Waals surface area contributed by atoms with Crippen molar-refractivity contribution in [3.8, 4) is 5.75 Å². The van der Waals surface area contributed by atoms with E-state index in [-0.39, 0.29) is 0 Å². The predicted molar refractivity (Wildman–Crippen MR) is 100 cm³/mol. The van der Waals surface area contributed by atoms with E-state index in [1.54, 1.807) is 7.11 Å². The van der Waals surface area contributed by atoms with E-state index >= 15 is 0 Å². The lowest BCUT2D eigenvalue weighted by molar-refractivity contribution is 0.414. The third-order valence-electron chi connectivity index (χ3n) is 3.66. The van der Waals surface area contributed by atoms with Gasteiger partial charge in [0.2, 0.25) is 0 Å². The molecule has 0 heterocycles. The fraction of sp³-hybridized carbons (Fsp3) is 0.176. The van der Waals surface area contributed by atoms with Crippen molar-refractivity contribution in [2.45, 2.75) is 12.3 Å². The number of halogens is 2. The number of rotatable bonds is 2. The molecular weight excluding hydrogens is 474 g/mol. The van der Waals surface area contributed by atoms with E-state index in [4.69, 9.17) is 4.74 Å². The number of hydrogen-bond donors (Lipinski definition) is 0. The molecule has 0 spiro atoms. The van der Waals surface area contributed by atoms with E-state index in [0.717, 1.165) is 12.2 Å². The van der Waals surface area contributed by atoms with Crippen LogP contribution in [0.5, 0.6) is 5.75 Å². The minimum Gasteiger partial charge on any atom is -0.497 e. The largest absolute Gasteiger partial charge is 0.497 e. The summed E-state index contributed by atoms with van der Waals surface area (Å²) >= 11 is 4.98. The van der Waals surface area contributed by atoms with Crippen LogP contribution in [-0.2, 0) is 6.42 Å². The summed E-state index contributed by atoms with van der Waals surface area (Å²) in [6.45, 7) is 0. The summed E-state index contributed by atoms with van der Waals surface area (Å²) in [5.41, 5.74) is 4.13. The first-order valence-corrected chi connectivity index (χ1v) is 8.62. The van der Waals surface area contributed by atoms with Gasteiger partial charge in [0, 0.05) is 19.5 Å². The van der Waals surface area contributed by atoms with Crippen LogP contribution in [-0.4, -0.2) is 7.11 Å². The van der Waals surface area contributed by atoms with Gasteiger partial charge in [-0.2, -0.15) is 0 Å². The average molecular weight is 488 g/mol. The molecule has 0 bridgehead atoms. The van der Waals surface area contributed by atoms with Gasteiger partial charge >= 0.3 is 0 Å². The lowest BCUT2D eigenvalue weighted by atomic mass is 9.83. The van der Waals surface area contributed by atoms with Gasteiger partial charge in [0.05, 0.1) is 7.11 Å². The van der Waals surface area contributed by atoms with E-state index in [1.165, 1.54) is 23.9 Å². The Bertz CT molecular complexity index is 662. The molecule has 1 unspecified atom stereocenters. The lowest BCUT2D eigenvalue weighted by Crippen LogP contribution is -2.11. The summed E-state index contributed by atoms with van der Waals surface area (Å²) in [5.74, 6) is 1.27. The van der Waals surface area contributed by atoms with Crippen LogP contribution in [0.2, 0.25) is 0 Å². The van der Waals surface area contributed by atoms with Crippen molar-refractivity contribution in [2.24, 2.45) is 0 Å². The first-order chi connectivity index (χ1) is 9.70. The molecule has 0 aliphatic heterocycles. The molecule has 1 atom stereocenters. The highest BCUT2D eigenvalue weighted by atomic mass is 127. The van der Waals surface area contributed by atoms with E-state index in [9.17, 15) is 0 Å². The first-order valence-electron chi connectivity index (χ1n) is 6.46. The molecule has 0 N–H and O–H groups in total. The third kappa shape index (κ3) is 2.62. The fourth-order valence-electron chi connectivity index (χ4n) is 2.65. The minimum absolute atomic E-state index is 0.336. The van der Waals surface area contributed by atoms with Gasteiger partial charge in [-0.25, -0.2) is 0 Å². The monoisotopic (exact) mass is 488 g/mol. The molecule has 2 aromatic rings. The Kier molecular flexibility index (Phi) is 4.35. The highest BCUT2D eigenvalue weighted by molar-refractivity contribution is 14.1. The smallest absolute Gasteiger partial charge is 0.119 e. The second-order valence-corrected chi connectivity index (χ2v) is 7.30. The molecule has 1 aliphatic rings. The van der Waals surface area contributed by atoms with Gasteiger partial charge < -0.3 is 4.74 Å². The van der Waals surface area contributed by atoms with Crippen LogP contribution < -0.4 is 4.74 Å². The number of ether oxygens (including phenoxy) is 1. The summed E-state index contributed by atoms with van der Waals surface area (Å²) in [7, 11) is 1.73. The highest BCUT2D eigenvalue weighted by Gasteiger charge is 2.27. The summed E-state index contributed by atoms with van der Waals surface area (Å²) < 4.78 is 8.27. The van der Waals surface area contributed by atoms with Crippen LogP contribution in [0.3, 0.4) is 0 Å². The molecule has 0 saturated carbocycles. The molecule has 20 heavy (non-hydrogen) atoms. The van der Waals surface area contributed by atoms with Crippen molar-refractivity contribution in [1.82, 2.24) is 0 Å². The Morgan fingerprint density at radius 1 is 1.05 bits per heavy atom. The van der Waals surface area contributed by atoms with Gasteiger partial charge in [-0.1, -0.05) is 36.4 Å². The second kappa shape index (κ2) is 6.05. The van der Waals surface area contributed by atoms with Crippen molar-refractivity contribution >= 4 is 45.2 Å². The van der Waals surface area contributed by atoms with Gasteiger partial charge in [0.15, 0.2) is 0 Å². The molecule has 0 radical (unpaired) electrons. The SMILES string of the molecule is COc1ccc2c(c1)C(c1ccccc1)C(I)=C(I)C2. The van der Waals surface area contributed by atoms with Gasteiger partial charge in [-0.15, -0.1) is 0 Å². The van der Waals surface area contributed by atoms with E-state index in [2.05, 4.69) is 93.7 Å². The quantitative estimate of drug-likeness (QED) is 0.511. The molecule has 3 heteroatoms. The number of hydrogen-bond acceptors (Lipinski definition) is 1. The standard InChI is InChI=1S/C17H14I2O/c1-20-13-8-7-12-9-15(18)17(19)16(14(12)10-13)11-5-3-2-4-6-11/h2-8,10,16H,9H2,1H3. The Labute approximate surface area is 146 Å². The summed E-state index contributed by atoms with van der Waals surface area (Å²) in [6, 6.07) is 17.2. The van der Waals surface area contributed by atoms with Crippen LogP contribution >= 0.6 is 45.2 Å². The zero-order chi connectivity index (χ0) is 14.1. The number of fused-ring (bicyclic) bond motifs is 1. The van der Waals surface area contributed by atoms with Crippen molar-refractivity contribution in [3.63, 3.8) is 0 Å². The van der Waals surface area contributed by atoms with Crippen LogP contribution in [0, 0.1) is 0 Å². The Morgan fingerprint density at radius 3 is 2.50 bits per heavy atom. The maximum atomic E-state index is 5.41. The minimum atomic E-state index is 0.336. The molecule has 1 aliphatic carbocycles. The van der Waals surface area contributed by atoms with E-state index < -0.39 is 0 Å². The number of benzene rings is 2. The molecule has 0 aromatic heterocycles.